The van der Waals surface area contributed by atoms with Crippen molar-refractivity contribution in [3.8, 4) is 0 Å². The maximum atomic E-state index is 11.0. The first-order valence-corrected chi connectivity index (χ1v) is 6.63. The van der Waals surface area contributed by atoms with Crippen molar-refractivity contribution >= 4 is 17.5 Å². The van der Waals surface area contributed by atoms with Gasteiger partial charge >= 0.3 is 5.69 Å². The Balaban J connectivity index is 2.18. The molecule has 1 aliphatic rings. The summed E-state index contributed by atoms with van der Waals surface area (Å²) in [6.07, 6.45) is 4.84. The first-order chi connectivity index (χ1) is 9.11. The molecule has 0 saturated heterocycles. The molecule has 2 N–H and O–H groups in total. The third kappa shape index (κ3) is 3.10. The maximum absolute atomic E-state index is 11.0. The minimum Gasteiger partial charge on any atom is -0.361 e. The molecular weight excluding hydrogens is 246 g/mol. The fraction of sp³-hybridized carbons (Fsp3) is 0.667. The van der Waals surface area contributed by atoms with E-state index in [1.54, 1.807) is 0 Å². The average molecular weight is 265 g/mol. The van der Waals surface area contributed by atoms with Crippen molar-refractivity contribution in [2.24, 2.45) is 5.92 Å². The van der Waals surface area contributed by atoms with E-state index in [0.717, 1.165) is 0 Å². The van der Waals surface area contributed by atoms with Gasteiger partial charge in [-0.25, -0.2) is 4.98 Å². The van der Waals surface area contributed by atoms with Crippen molar-refractivity contribution < 1.29 is 4.92 Å². The lowest BCUT2D eigenvalue weighted by atomic mass is 9.80. The van der Waals surface area contributed by atoms with E-state index in [1.807, 2.05) is 13.8 Å². The number of nitrogens with zero attached hydrogens (tertiary/aromatic N) is 3. The lowest BCUT2D eigenvalue weighted by Gasteiger charge is -2.32. The van der Waals surface area contributed by atoms with Crippen molar-refractivity contribution in [1.82, 2.24) is 9.97 Å². The topological polar surface area (TPSA) is 93.0 Å². The molecule has 1 fully saturated rings. The summed E-state index contributed by atoms with van der Waals surface area (Å²) >= 11 is 0. The van der Waals surface area contributed by atoms with Gasteiger partial charge in [0.05, 0.1) is 4.92 Å². The van der Waals surface area contributed by atoms with Gasteiger partial charge in [0.25, 0.3) is 0 Å². The Labute approximate surface area is 112 Å². The smallest absolute Gasteiger partial charge is 0.329 e. The van der Waals surface area contributed by atoms with Crippen LogP contribution in [0, 0.1) is 16.0 Å². The second kappa shape index (κ2) is 5.81. The molecule has 19 heavy (non-hydrogen) atoms. The zero-order valence-electron chi connectivity index (χ0n) is 11.2. The minimum absolute atomic E-state index is 0.0761. The summed E-state index contributed by atoms with van der Waals surface area (Å²) in [4.78, 5) is 18.7. The number of aromatic nitrogens is 2. The van der Waals surface area contributed by atoms with E-state index in [2.05, 4.69) is 20.6 Å². The number of nitrogens with one attached hydrogen (secondary N) is 2. The molecule has 1 atom stereocenters. The molecule has 1 saturated carbocycles. The molecule has 1 aliphatic carbocycles. The van der Waals surface area contributed by atoms with E-state index in [1.165, 1.54) is 25.5 Å². The Morgan fingerprint density at radius 2 is 2.32 bits per heavy atom. The fourth-order valence-corrected chi connectivity index (χ4v) is 2.13. The van der Waals surface area contributed by atoms with Gasteiger partial charge in [0.2, 0.25) is 11.8 Å². The van der Waals surface area contributed by atoms with E-state index in [0.29, 0.717) is 24.2 Å². The van der Waals surface area contributed by atoms with E-state index in [9.17, 15) is 10.1 Å². The van der Waals surface area contributed by atoms with Gasteiger partial charge in [0, 0.05) is 12.6 Å². The van der Waals surface area contributed by atoms with Crippen LogP contribution in [0.1, 0.15) is 33.1 Å². The van der Waals surface area contributed by atoms with Crippen LogP contribution in [0.25, 0.3) is 0 Å². The first-order valence-electron chi connectivity index (χ1n) is 6.63. The Kier molecular flexibility index (Phi) is 4.13. The molecule has 0 amide bonds. The summed E-state index contributed by atoms with van der Waals surface area (Å²) in [5.41, 5.74) is -0.0761. The maximum Gasteiger partial charge on any atom is 0.329 e. The monoisotopic (exact) mass is 265 g/mol. The number of anilines is 2. The summed E-state index contributed by atoms with van der Waals surface area (Å²) in [7, 11) is 0. The van der Waals surface area contributed by atoms with Crippen LogP contribution in [-0.2, 0) is 0 Å². The highest BCUT2D eigenvalue weighted by molar-refractivity contribution is 5.57. The molecule has 1 aromatic heterocycles. The van der Waals surface area contributed by atoms with Crippen molar-refractivity contribution in [3.05, 3.63) is 16.3 Å². The molecule has 7 heteroatoms. The van der Waals surface area contributed by atoms with Gasteiger partial charge < -0.3 is 10.6 Å². The largest absolute Gasteiger partial charge is 0.361 e. The van der Waals surface area contributed by atoms with Crippen LogP contribution in [0.15, 0.2) is 6.20 Å². The van der Waals surface area contributed by atoms with Crippen LogP contribution < -0.4 is 10.6 Å². The van der Waals surface area contributed by atoms with Gasteiger partial charge in [-0.1, -0.05) is 6.42 Å². The minimum atomic E-state index is -0.453. The van der Waals surface area contributed by atoms with Gasteiger partial charge in [-0.05, 0) is 32.6 Å². The Hall–Kier alpha value is -1.92. The average Bonchev–Trinajstić information content (AvgIpc) is 2.26. The van der Waals surface area contributed by atoms with Crippen LogP contribution in [0.3, 0.4) is 0 Å². The van der Waals surface area contributed by atoms with Crippen LogP contribution >= 0.6 is 0 Å². The third-order valence-electron chi connectivity index (χ3n) is 3.52. The molecule has 0 bridgehead atoms. The van der Waals surface area contributed by atoms with Gasteiger partial charge in [0.1, 0.15) is 6.20 Å². The number of rotatable bonds is 6. The predicted octanol–water partition coefficient (Wildman–Crippen LogP) is 2.42. The molecule has 1 unspecified atom stereocenters. The zero-order chi connectivity index (χ0) is 13.8. The molecule has 0 aliphatic heterocycles. The highest BCUT2D eigenvalue weighted by Gasteiger charge is 2.26. The Morgan fingerprint density at radius 3 is 2.84 bits per heavy atom. The highest BCUT2D eigenvalue weighted by atomic mass is 16.6. The second-order valence-electron chi connectivity index (χ2n) is 4.84. The third-order valence-corrected chi connectivity index (χ3v) is 3.52. The standard InChI is InChI=1S/C12H19N5O2/c1-3-13-12-14-7-10(17(18)19)11(16-12)15-8(2)9-5-4-6-9/h7-9H,3-6H2,1-2H3,(H2,13,14,15,16). The van der Waals surface area contributed by atoms with Crippen LogP contribution in [0.4, 0.5) is 17.5 Å². The van der Waals surface area contributed by atoms with Crippen molar-refractivity contribution in [2.75, 3.05) is 17.2 Å². The normalized spacial score (nSPS) is 16.5. The summed E-state index contributed by atoms with van der Waals surface area (Å²) < 4.78 is 0. The fourth-order valence-electron chi connectivity index (χ4n) is 2.13. The number of hydrogen-bond acceptors (Lipinski definition) is 6. The molecule has 1 heterocycles. The van der Waals surface area contributed by atoms with Gasteiger partial charge in [-0.3, -0.25) is 10.1 Å². The summed E-state index contributed by atoms with van der Waals surface area (Å²) in [6, 6.07) is 0.192. The van der Waals surface area contributed by atoms with E-state index in [-0.39, 0.29) is 11.7 Å². The summed E-state index contributed by atoms with van der Waals surface area (Å²) in [6.45, 7) is 4.65. The van der Waals surface area contributed by atoms with Crippen molar-refractivity contribution in [2.45, 2.75) is 39.2 Å². The molecule has 1 aromatic rings. The lowest BCUT2D eigenvalue weighted by Crippen LogP contribution is -2.31. The van der Waals surface area contributed by atoms with E-state index < -0.39 is 4.92 Å². The van der Waals surface area contributed by atoms with Crippen molar-refractivity contribution in [1.29, 1.82) is 0 Å². The van der Waals surface area contributed by atoms with Crippen LogP contribution in [-0.4, -0.2) is 27.5 Å². The molecule has 0 radical (unpaired) electrons. The van der Waals surface area contributed by atoms with Gasteiger partial charge in [-0.15, -0.1) is 0 Å². The molecule has 0 aromatic carbocycles. The van der Waals surface area contributed by atoms with Gasteiger partial charge in [-0.2, -0.15) is 4.98 Å². The van der Waals surface area contributed by atoms with Crippen LogP contribution in [0.5, 0.6) is 0 Å². The molecule has 0 spiro atoms. The van der Waals surface area contributed by atoms with Crippen molar-refractivity contribution in [3.63, 3.8) is 0 Å². The molecular formula is C12H19N5O2. The molecule has 7 nitrogen and oxygen atoms in total. The predicted molar refractivity (Wildman–Crippen MR) is 73.3 cm³/mol. The van der Waals surface area contributed by atoms with E-state index >= 15 is 0 Å². The quantitative estimate of drug-likeness (QED) is 0.606. The molecule has 2 rings (SSSR count). The zero-order valence-corrected chi connectivity index (χ0v) is 11.2. The van der Waals surface area contributed by atoms with Gasteiger partial charge in [0.15, 0.2) is 0 Å². The SMILES string of the molecule is CCNc1ncc([N+](=O)[O-])c(NC(C)C2CCC2)n1. The lowest BCUT2D eigenvalue weighted by molar-refractivity contribution is -0.384. The Morgan fingerprint density at radius 1 is 1.58 bits per heavy atom. The Bertz CT molecular complexity index is 461. The summed E-state index contributed by atoms with van der Waals surface area (Å²) in [5.74, 6) is 1.30. The highest BCUT2D eigenvalue weighted by Crippen LogP contribution is 2.32. The summed E-state index contributed by atoms with van der Waals surface area (Å²) in [5, 5.41) is 17.1. The first kappa shape index (κ1) is 13.5. The number of nitro groups is 1. The second-order valence-corrected chi connectivity index (χ2v) is 4.84. The number of hydrogen-bond donors (Lipinski definition) is 2. The van der Waals surface area contributed by atoms with E-state index in [4.69, 9.17) is 0 Å². The molecule has 104 valence electrons. The van der Waals surface area contributed by atoms with Crippen LogP contribution in [0.2, 0.25) is 0 Å².